The molecule has 1 aliphatic carbocycles. The standard InChI is InChI=1S/C16H25NS/c1-12-6-7-13(2)15(10-12)14(3)17-11-16(18-4)8-5-9-16/h6-7,10,14,17H,5,8-9,11H2,1-4H3. The highest BCUT2D eigenvalue weighted by molar-refractivity contribution is 8.00. The maximum atomic E-state index is 3.74. The minimum absolute atomic E-state index is 0.453. The molecule has 1 N–H and O–H groups in total. The molecule has 0 amide bonds. The summed E-state index contributed by atoms with van der Waals surface area (Å²) in [5.74, 6) is 0. The lowest BCUT2D eigenvalue weighted by Gasteiger charge is -2.41. The number of hydrogen-bond donors (Lipinski definition) is 1. The molecule has 1 aromatic rings. The van der Waals surface area contributed by atoms with Crippen molar-refractivity contribution in [3.05, 3.63) is 34.9 Å². The number of aryl methyl sites for hydroxylation is 2. The summed E-state index contributed by atoms with van der Waals surface area (Å²) in [6.07, 6.45) is 6.41. The lowest BCUT2D eigenvalue weighted by atomic mass is 9.84. The SMILES string of the molecule is CSC1(CNC(C)c2cc(C)ccc2C)CCC1. The Morgan fingerprint density at radius 2 is 2.06 bits per heavy atom. The highest BCUT2D eigenvalue weighted by atomic mass is 32.2. The number of thioether (sulfide) groups is 1. The van der Waals surface area contributed by atoms with Crippen molar-refractivity contribution in [1.29, 1.82) is 0 Å². The first kappa shape index (κ1) is 14.0. The van der Waals surface area contributed by atoms with Crippen molar-refractivity contribution in [3.8, 4) is 0 Å². The third-order valence-electron chi connectivity index (χ3n) is 4.33. The van der Waals surface area contributed by atoms with Crippen molar-refractivity contribution in [3.63, 3.8) is 0 Å². The van der Waals surface area contributed by atoms with Gasteiger partial charge >= 0.3 is 0 Å². The van der Waals surface area contributed by atoms with E-state index in [1.54, 1.807) is 0 Å². The Hall–Kier alpha value is -0.470. The van der Waals surface area contributed by atoms with Crippen molar-refractivity contribution >= 4 is 11.8 Å². The molecule has 18 heavy (non-hydrogen) atoms. The molecule has 1 unspecified atom stereocenters. The molecule has 0 spiro atoms. The van der Waals surface area contributed by atoms with Crippen molar-refractivity contribution in [2.24, 2.45) is 0 Å². The maximum Gasteiger partial charge on any atom is 0.0295 e. The summed E-state index contributed by atoms with van der Waals surface area (Å²) < 4.78 is 0.520. The van der Waals surface area contributed by atoms with Gasteiger partial charge in [0.15, 0.2) is 0 Å². The second-order valence-corrected chi connectivity index (χ2v) is 6.98. The molecule has 0 radical (unpaired) electrons. The average Bonchev–Trinajstić information content (AvgIpc) is 2.31. The minimum Gasteiger partial charge on any atom is -0.309 e. The Morgan fingerprint density at radius 3 is 2.61 bits per heavy atom. The Morgan fingerprint density at radius 1 is 1.33 bits per heavy atom. The molecule has 0 aliphatic heterocycles. The van der Waals surface area contributed by atoms with Crippen LogP contribution in [0.25, 0.3) is 0 Å². The van der Waals surface area contributed by atoms with Gasteiger partial charge in [-0.3, -0.25) is 0 Å². The highest BCUT2D eigenvalue weighted by Crippen LogP contribution is 2.42. The van der Waals surface area contributed by atoms with Crippen LogP contribution in [-0.4, -0.2) is 17.5 Å². The van der Waals surface area contributed by atoms with E-state index in [0.717, 1.165) is 6.54 Å². The van der Waals surface area contributed by atoms with Gasteiger partial charge in [0.2, 0.25) is 0 Å². The predicted octanol–water partition coefficient (Wildman–Crippen LogP) is 4.24. The summed E-state index contributed by atoms with van der Waals surface area (Å²) >= 11 is 2.04. The molecule has 1 atom stereocenters. The van der Waals surface area contributed by atoms with Crippen LogP contribution in [0.1, 0.15) is 48.9 Å². The quantitative estimate of drug-likeness (QED) is 0.853. The van der Waals surface area contributed by atoms with Crippen LogP contribution in [-0.2, 0) is 0 Å². The molecule has 1 aromatic carbocycles. The van der Waals surface area contributed by atoms with Crippen molar-refractivity contribution in [1.82, 2.24) is 5.32 Å². The molecule has 0 saturated heterocycles. The van der Waals surface area contributed by atoms with Crippen LogP contribution in [0, 0.1) is 13.8 Å². The minimum atomic E-state index is 0.453. The second kappa shape index (κ2) is 5.66. The van der Waals surface area contributed by atoms with E-state index in [4.69, 9.17) is 0 Å². The second-order valence-electron chi connectivity index (χ2n) is 5.70. The first-order valence-corrected chi connectivity index (χ1v) is 8.14. The summed E-state index contributed by atoms with van der Waals surface area (Å²) in [6.45, 7) is 7.81. The summed E-state index contributed by atoms with van der Waals surface area (Å²) in [5.41, 5.74) is 4.20. The van der Waals surface area contributed by atoms with Gasteiger partial charge in [0.05, 0.1) is 0 Å². The normalized spacial score (nSPS) is 19.3. The zero-order valence-electron chi connectivity index (χ0n) is 12.0. The molecule has 1 saturated carbocycles. The molecular formula is C16H25NS. The number of hydrogen-bond acceptors (Lipinski definition) is 2. The molecular weight excluding hydrogens is 238 g/mol. The monoisotopic (exact) mass is 263 g/mol. The van der Waals surface area contributed by atoms with Crippen LogP contribution in [0.2, 0.25) is 0 Å². The van der Waals surface area contributed by atoms with Gasteiger partial charge in [-0.15, -0.1) is 0 Å². The Balaban J connectivity index is 1.99. The number of benzene rings is 1. The fourth-order valence-corrected chi connectivity index (χ4v) is 3.62. The molecule has 1 nitrogen and oxygen atoms in total. The van der Waals surface area contributed by atoms with E-state index in [0.29, 0.717) is 10.8 Å². The molecule has 0 bridgehead atoms. The summed E-state index contributed by atoms with van der Waals surface area (Å²) in [6, 6.07) is 7.20. The Labute approximate surface area is 116 Å². The van der Waals surface area contributed by atoms with Crippen LogP contribution < -0.4 is 5.32 Å². The van der Waals surface area contributed by atoms with E-state index in [2.05, 4.69) is 50.5 Å². The smallest absolute Gasteiger partial charge is 0.0295 e. The molecule has 2 rings (SSSR count). The first-order valence-electron chi connectivity index (χ1n) is 6.92. The molecule has 1 aliphatic rings. The Kier molecular flexibility index (Phi) is 4.39. The van der Waals surface area contributed by atoms with Gasteiger partial charge in [-0.1, -0.05) is 30.2 Å². The van der Waals surface area contributed by atoms with Gasteiger partial charge in [-0.2, -0.15) is 11.8 Å². The third kappa shape index (κ3) is 2.92. The van der Waals surface area contributed by atoms with Crippen molar-refractivity contribution in [2.75, 3.05) is 12.8 Å². The van der Waals surface area contributed by atoms with Crippen LogP contribution in [0.3, 0.4) is 0 Å². The van der Waals surface area contributed by atoms with Gasteiger partial charge < -0.3 is 5.32 Å². The highest BCUT2D eigenvalue weighted by Gasteiger charge is 2.36. The fourth-order valence-electron chi connectivity index (χ4n) is 2.70. The van der Waals surface area contributed by atoms with E-state index in [1.165, 1.54) is 36.0 Å². The van der Waals surface area contributed by atoms with Crippen molar-refractivity contribution < 1.29 is 0 Å². The molecule has 2 heteroatoms. The lowest BCUT2D eigenvalue weighted by molar-refractivity contribution is 0.334. The molecule has 100 valence electrons. The summed E-state index contributed by atoms with van der Waals surface area (Å²) in [5, 5.41) is 3.74. The first-order chi connectivity index (χ1) is 8.56. The number of rotatable bonds is 5. The van der Waals surface area contributed by atoms with Gasteiger partial charge in [-0.25, -0.2) is 0 Å². The van der Waals surface area contributed by atoms with Crippen molar-refractivity contribution in [2.45, 2.75) is 50.8 Å². The topological polar surface area (TPSA) is 12.0 Å². The third-order valence-corrected chi connectivity index (χ3v) is 5.75. The van der Waals surface area contributed by atoms with Crippen LogP contribution >= 0.6 is 11.8 Å². The molecule has 0 heterocycles. The molecule has 0 aromatic heterocycles. The summed E-state index contributed by atoms with van der Waals surface area (Å²) in [4.78, 5) is 0. The Bertz CT molecular complexity index is 404. The largest absolute Gasteiger partial charge is 0.309 e. The van der Waals surface area contributed by atoms with E-state index >= 15 is 0 Å². The van der Waals surface area contributed by atoms with Gasteiger partial charge in [0.25, 0.3) is 0 Å². The van der Waals surface area contributed by atoms with Crippen LogP contribution in [0.4, 0.5) is 0 Å². The van der Waals surface area contributed by atoms with Crippen LogP contribution in [0.15, 0.2) is 18.2 Å². The zero-order chi connectivity index (χ0) is 13.2. The van der Waals surface area contributed by atoms with E-state index < -0.39 is 0 Å². The lowest BCUT2D eigenvalue weighted by Crippen LogP contribution is -2.44. The summed E-state index contributed by atoms with van der Waals surface area (Å²) in [7, 11) is 0. The van der Waals surface area contributed by atoms with E-state index in [1.807, 2.05) is 11.8 Å². The average molecular weight is 263 g/mol. The van der Waals surface area contributed by atoms with Crippen LogP contribution in [0.5, 0.6) is 0 Å². The zero-order valence-corrected chi connectivity index (χ0v) is 12.9. The predicted molar refractivity (Wildman–Crippen MR) is 82.4 cm³/mol. The van der Waals surface area contributed by atoms with E-state index in [-0.39, 0.29) is 0 Å². The number of nitrogens with one attached hydrogen (secondary N) is 1. The fraction of sp³-hybridized carbons (Fsp3) is 0.625. The van der Waals surface area contributed by atoms with Gasteiger partial charge in [0, 0.05) is 17.3 Å². The van der Waals surface area contributed by atoms with Gasteiger partial charge in [0.1, 0.15) is 0 Å². The van der Waals surface area contributed by atoms with Gasteiger partial charge in [-0.05, 0) is 51.0 Å². The van der Waals surface area contributed by atoms with E-state index in [9.17, 15) is 0 Å². The maximum absolute atomic E-state index is 3.74. The molecule has 1 fully saturated rings.